The fourth-order valence-electron chi connectivity index (χ4n) is 2.04. The van der Waals surface area contributed by atoms with Crippen LogP contribution in [-0.4, -0.2) is 12.0 Å². The minimum absolute atomic E-state index is 0.0986. The van der Waals surface area contributed by atoms with Crippen LogP contribution in [0.25, 0.3) is 0 Å². The molecule has 0 saturated heterocycles. The molecule has 1 unspecified atom stereocenters. The summed E-state index contributed by atoms with van der Waals surface area (Å²) in [6.07, 6.45) is 2.24. The van der Waals surface area contributed by atoms with Crippen molar-refractivity contribution in [3.05, 3.63) is 60.7 Å². The molecule has 2 aromatic rings. The summed E-state index contributed by atoms with van der Waals surface area (Å²) in [4.78, 5) is 12.4. The SMILES string of the molecule is CCCCC(Oc1ccccc1)C(=O)Nc1ccccc1. The van der Waals surface area contributed by atoms with Gasteiger partial charge in [0.05, 0.1) is 0 Å². The average Bonchev–Trinajstić information content (AvgIpc) is 2.53. The second kappa shape index (κ2) is 8.10. The van der Waals surface area contributed by atoms with Gasteiger partial charge in [0.1, 0.15) is 5.75 Å². The summed E-state index contributed by atoms with van der Waals surface area (Å²) in [5, 5.41) is 2.91. The van der Waals surface area contributed by atoms with Crippen molar-refractivity contribution in [2.75, 3.05) is 5.32 Å². The third kappa shape index (κ3) is 4.95. The highest BCUT2D eigenvalue weighted by Gasteiger charge is 2.19. The molecule has 1 atom stereocenters. The molecular weight excluding hydrogens is 262 g/mol. The third-order valence-corrected chi connectivity index (χ3v) is 3.18. The lowest BCUT2D eigenvalue weighted by atomic mass is 10.1. The van der Waals surface area contributed by atoms with Crippen LogP contribution in [0.1, 0.15) is 26.2 Å². The van der Waals surface area contributed by atoms with Crippen LogP contribution in [-0.2, 0) is 4.79 Å². The summed E-state index contributed by atoms with van der Waals surface area (Å²) in [5.74, 6) is 0.625. The number of para-hydroxylation sites is 2. The molecule has 1 N–H and O–H groups in total. The van der Waals surface area contributed by atoms with Crippen LogP contribution in [0.2, 0.25) is 0 Å². The molecule has 0 aliphatic heterocycles. The zero-order chi connectivity index (χ0) is 14.9. The van der Waals surface area contributed by atoms with Crippen molar-refractivity contribution in [2.24, 2.45) is 0 Å². The van der Waals surface area contributed by atoms with Gasteiger partial charge in [0.25, 0.3) is 5.91 Å². The summed E-state index contributed by atoms with van der Waals surface area (Å²) >= 11 is 0. The first-order chi connectivity index (χ1) is 10.3. The summed E-state index contributed by atoms with van der Waals surface area (Å²) in [7, 11) is 0. The first-order valence-electron chi connectivity index (χ1n) is 7.37. The normalized spacial score (nSPS) is 11.7. The number of rotatable bonds is 7. The minimum atomic E-state index is -0.465. The number of unbranched alkanes of at least 4 members (excludes halogenated alkanes) is 1. The van der Waals surface area contributed by atoms with E-state index >= 15 is 0 Å². The molecule has 3 heteroatoms. The van der Waals surface area contributed by atoms with Crippen LogP contribution in [0.5, 0.6) is 5.75 Å². The smallest absolute Gasteiger partial charge is 0.265 e. The Morgan fingerprint density at radius 2 is 1.67 bits per heavy atom. The Bertz CT molecular complexity index is 540. The highest BCUT2D eigenvalue weighted by Crippen LogP contribution is 2.16. The van der Waals surface area contributed by atoms with Gasteiger partial charge in [-0.2, -0.15) is 0 Å². The van der Waals surface area contributed by atoms with Crippen molar-refractivity contribution in [3.8, 4) is 5.75 Å². The Hall–Kier alpha value is -2.29. The summed E-state index contributed by atoms with van der Waals surface area (Å²) < 4.78 is 5.84. The maximum absolute atomic E-state index is 12.4. The van der Waals surface area contributed by atoms with Crippen molar-refractivity contribution in [1.82, 2.24) is 0 Å². The van der Waals surface area contributed by atoms with Gasteiger partial charge in [0.15, 0.2) is 6.10 Å². The van der Waals surface area contributed by atoms with E-state index in [1.807, 2.05) is 60.7 Å². The lowest BCUT2D eigenvalue weighted by Crippen LogP contribution is -2.33. The standard InChI is InChI=1S/C18H21NO2/c1-2-3-14-17(21-16-12-8-5-9-13-16)18(20)19-15-10-6-4-7-11-15/h4-13,17H,2-3,14H2,1H3,(H,19,20). The summed E-state index contributed by atoms with van der Waals surface area (Å²) in [6, 6.07) is 18.9. The van der Waals surface area contributed by atoms with E-state index in [1.165, 1.54) is 0 Å². The van der Waals surface area contributed by atoms with E-state index < -0.39 is 6.10 Å². The molecule has 0 aliphatic rings. The first kappa shape index (κ1) is 15.1. The Kier molecular flexibility index (Phi) is 5.83. The van der Waals surface area contributed by atoms with Crippen molar-refractivity contribution < 1.29 is 9.53 Å². The number of benzene rings is 2. The van der Waals surface area contributed by atoms with E-state index in [0.29, 0.717) is 6.42 Å². The van der Waals surface area contributed by atoms with Gasteiger partial charge in [-0.15, -0.1) is 0 Å². The zero-order valence-corrected chi connectivity index (χ0v) is 12.3. The fourth-order valence-corrected chi connectivity index (χ4v) is 2.04. The van der Waals surface area contributed by atoms with Crippen molar-refractivity contribution in [3.63, 3.8) is 0 Å². The predicted molar refractivity (Wildman–Crippen MR) is 85.5 cm³/mol. The zero-order valence-electron chi connectivity index (χ0n) is 12.3. The number of anilines is 1. The van der Waals surface area contributed by atoms with Gasteiger partial charge in [0.2, 0.25) is 0 Å². The summed E-state index contributed by atoms with van der Waals surface area (Å²) in [6.45, 7) is 2.11. The molecule has 0 aromatic heterocycles. The lowest BCUT2D eigenvalue weighted by Gasteiger charge is -2.18. The van der Waals surface area contributed by atoms with Gasteiger partial charge < -0.3 is 10.1 Å². The molecule has 21 heavy (non-hydrogen) atoms. The van der Waals surface area contributed by atoms with Crippen molar-refractivity contribution in [2.45, 2.75) is 32.3 Å². The minimum Gasteiger partial charge on any atom is -0.481 e. The Morgan fingerprint density at radius 1 is 1.05 bits per heavy atom. The second-order valence-corrected chi connectivity index (χ2v) is 4.92. The number of carbonyl (C=O) groups is 1. The number of hydrogen-bond acceptors (Lipinski definition) is 2. The van der Waals surface area contributed by atoms with E-state index in [0.717, 1.165) is 24.3 Å². The third-order valence-electron chi connectivity index (χ3n) is 3.18. The molecule has 0 radical (unpaired) electrons. The van der Waals surface area contributed by atoms with Crippen molar-refractivity contribution >= 4 is 11.6 Å². The van der Waals surface area contributed by atoms with Crippen LogP contribution in [0.3, 0.4) is 0 Å². The Labute approximate surface area is 126 Å². The van der Waals surface area contributed by atoms with E-state index in [4.69, 9.17) is 4.74 Å². The second-order valence-electron chi connectivity index (χ2n) is 4.92. The molecule has 2 rings (SSSR count). The van der Waals surface area contributed by atoms with E-state index in [1.54, 1.807) is 0 Å². The van der Waals surface area contributed by atoms with E-state index in [2.05, 4.69) is 12.2 Å². The number of carbonyl (C=O) groups excluding carboxylic acids is 1. The molecular formula is C18H21NO2. The van der Waals surface area contributed by atoms with Crippen LogP contribution in [0, 0.1) is 0 Å². The molecule has 0 saturated carbocycles. The molecule has 2 aromatic carbocycles. The van der Waals surface area contributed by atoms with Gasteiger partial charge in [0, 0.05) is 5.69 Å². The molecule has 0 heterocycles. The molecule has 3 nitrogen and oxygen atoms in total. The topological polar surface area (TPSA) is 38.3 Å². The van der Waals surface area contributed by atoms with Gasteiger partial charge in [-0.25, -0.2) is 0 Å². The van der Waals surface area contributed by atoms with E-state index in [9.17, 15) is 4.79 Å². The number of hydrogen-bond donors (Lipinski definition) is 1. The molecule has 0 bridgehead atoms. The first-order valence-corrected chi connectivity index (χ1v) is 7.37. The monoisotopic (exact) mass is 283 g/mol. The molecule has 1 amide bonds. The lowest BCUT2D eigenvalue weighted by molar-refractivity contribution is -0.123. The van der Waals surface area contributed by atoms with Gasteiger partial charge in [-0.1, -0.05) is 49.7 Å². The fraction of sp³-hybridized carbons (Fsp3) is 0.278. The van der Waals surface area contributed by atoms with Crippen LogP contribution < -0.4 is 10.1 Å². The maximum Gasteiger partial charge on any atom is 0.265 e. The quantitative estimate of drug-likeness (QED) is 0.824. The highest BCUT2D eigenvalue weighted by molar-refractivity contribution is 5.94. The predicted octanol–water partition coefficient (Wildman–Crippen LogP) is 4.26. The largest absolute Gasteiger partial charge is 0.481 e. The van der Waals surface area contributed by atoms with E-state index in [-0.39, 0.29) is 5.91 Å². The number of amides is 1. The van der Waals surface area contributed by atoms with Gasteiger partial charge >= 0.3 is 0 Å². The van der Waals surface area contributed by atoms with Crippen LogP contribution in [0.15, 0.2) is 60.7 Å². The molecule has 0 aliphatic carbocycles. The Morgan fingerprint density at radius 3 is 2.29 bits per heavy atom. The molecule has 0 spiro atoms. The number of ether oxygens (including phenoxy) is 1. The highest BCUT2D eigenvalue weighted by atomic mass is 16.5. The van der Waals surface area contributed by atoms with Crippen LogP contribution >= 0.6 is 0 Å². The van der Waals surface area contributed by atoms with Gasteiger partial charge in [-0.3, -0.25) is 4.79 Å². The number of nitrogens with one attached hydrogen (secondary N) is 1. The summed E-state index contributed by atoms with van der Waals surface area (Å²) in [5.41, 5.74) is 0.792. The average molecular weight is 283 g/mol. The van der Waals surface area contributed by atoms with Crippen molar-refractivity contribution in [1.29, 1.82) is 0 Å². The molecule has 0 fully saturated rings. The molecule has 110 valence electrons. The Balaban J connectivity index is 2.02. The van der Waals surface area contributed by atoms with Crippen LogP contribution in [0.4, 0.5) is 5.69 Å². The van der Waals surface area contributed by atoms with Gasteiger partial charge in [-0.05, 0) is 37.1 Å². The maximum atomic E-state index is 12.4.